The molecule has 0 aliphatic heterocycles. The summed E-state index contributed by atoms with van der Waals surface area (Å²) >= 11 is 3.23. The SMILES string of the molecule is CC(C(=O)O)c1cc(F)cc(Br)c1OCC1CC1. The first kappa shape index (κ1) is 13.3. The molecule has 1 aromatic rings. The second kappa shape index (κ2) is 5.26. The smallest absolute Gasteiger partial charge is 0.310 e. The number of carboxylic acids is 1. The van der Waals surface area contributed by atoms with Crippen LogP contribution < -0.4 is 4.74 Å². The van der Waals surface area contributed by atoms with Crippen molar-refractivity contribution in [2.75, 3.05) is 6.61 Å². The topological polar surface area (TPSA) is 46.5 Å². The van der Waals surface area contributed by atoms with Gasteiger partial charge in [0.15, 0.2) is 0 Å². The van der Waals surface area contributed by atoms with E-state index in [2.05, 4.69) is 15.9 Å². The highest BCUT2D eigenvalue weighted by Crippen LogP contribution is 2.37. The van der Waals surface area contributed by atoms with Crippen molar-refractivity contribution in [1.29, 1.82) is 0 Å². The molecule has 1 unspecified atom stereocenters. The summed E-state index contributed by atoms with van der Waals surface area (Å²) in [4.78, 5) is 11.0. The van der Waals surface area contributed by atoms with Crippen molar-refractivity contribution in [1.82, 2.24) is 0 Å². The maximum Gasteiger partial charge on any atom is 0.310 e. The van der Waals surface area contributed by atoms with Gasteiger partial charge in [-0.3, -0.25) is 4.79 Å². The van der Waals surface area contributed by atoms with Crippen molar-refractivity contribution in [3.8, 4) is 5.75 Å². The minimum absolute atomic E-state index is 0.370. The van der Waals surface area contributed by atoms with Gasteiger partial charge in [0.2, 0.25) is 0 Å². The Morgan fingerprint density at radius 3 is 2.83 bits per heavy atom. The largest absolute Gasteiger partial charge is 0.492 e. The Morgan fingerprint density at radius 1 is 1.61 bits per heavy atom. The molecule has 1 aliphatic carbocycles. The zero-order valence-corrected chi connectivity index (χ0v) is 11.5. The number of carboxylic acid groups (broad SMARTS) is 1. The third-order valence-electron chi connectivity index (χ3n) is 3.03. The first-order chi connectivity index (χ1) is 8.49. The van der Waals surface area contributed by atoms with Gasteiger partial charge >= 0.3 is 5.97 Å². The van der Waals surface area contributed by atoms with Crippen LogP contribution in [-0.4, -0.2) is 17.7 Å². The average Bonchev–Trinajstić information content (AvgIpc) is 3.09. The lowest BCUT2D eigenvalue weighted by molar-refractivity contribution is -0.138. The predicted octanol–water partition coefficient (Wildman–Crippen LogP) is 3.57. The Labute approximate surface area is 113 Å². The van der Waals surface area contributed by atoms with Gasteiger partial charge in [0.05, 0.1) is 17.0 Å². The van der Waals surface area contributed by atoms with Crippen LogP contribution in [0.1, 0.15) is 31.2 Å². The standard InChI is InChI=1S/C13H14BrFO3/c1-7(13(16)17)10-4-9(15)5-11(14)12(10)18-6-8-2-3-8/h4-5,7-8H,2-3,6H2,1H3,(H,16,17). The fourth-order valence-corrected chi connectivity index (χ4v) is 2.23. The van der Waals surface area contributed by atoms with Gasteiger partial charge in [-0.25, -0.2) is 4.39 Å². The molecule has 0 radical (unpaired) electrons. The number of carbonyl (C=O) groups is 1. The van der Waals surface area contributed by atoms with Crippen molar-refractivity contribution in [3.05, 3.63) is 28.0 Å². The second-order valence-corrected chi connectivity index (χ2v) is 5.47. The highest BCUT2D eigenvalue weighted by molar-refractivity contribution is 9.10. The van der Waals surface area contributed by atoms with E-state index in [9.17, 15) is 9.18 Å². The molecule has 98 valence electrons. The number of ether oxygens (including phenoxy) is 1. The molecule has 3 nitrogen and oxygen atoms in total. The lowest BCUT2D eigenvalue weighted by Crippen LogP contribution is -2.11. The van der Waals surface area contributed by atoms with Crippen molar-refractivity contribution in [3.63, 3.8) is 0 Å². The van der Waals surface area contributed by atoms with Crippen molar-refractivity contribution in [2.45, 2.75) is 25.7 Å². The molecule has 1 aromatic carbocycles. The van der Waals surface area contributed by atoms with E-state index in [1.165, 1.54) is 19.1 Å². The van der Waals surface area contributed by atoms with E-state index in [4.69, 9.17) is 9.84 Å². The molecule has 1 saturated carbocycles. The molecule has 5 heteroatoms. The van der Waals surface area contributed by atoms with Gasteiger partial charge in [-0.2, -0.15) is 0 Å². The van der Waals surface area contributed by atoms with E-state index in [0.717, 1.165) is 12.8 Å². The third-order valence-corrected chi connectivity index (χ3v) is 3.62. The molecule has 0 bridgehead atoms. The number of rotatable bonds is 5. The van der Waals surface area contributed by atoms with Crippen molar-refractivity contribution < 1.29 is 19.0 Å². The molecule has 0 heterocycles. The van der Waals surface area contributed by atoms with E-state index in [-0.39, 0.29) is 0 Å². The molecule has 1 N–H and O–H groups in total. The van der Waals surface area contributed by atoms with Gasteiger partial charge in [-0.05, 0) is 53.7 Å². The summed E-state index contributed by atoms with van der Waals surface area (Å²) in [6.07, 6.45) is 2.28. The Morgan fingerprint density at radius 2 is 2.28 bits per heavy atom. The maximum absolute atomic E-state index is 13.4. The van der Waals surface area contributed by atoms with E-state index < -0.39 is 17.7 Å². The summed E-state index contributed by atoms with van der Waals surface area (Å²) in [7, 11) is 0. The van der Waals surface area contributed by atoms with Gasteiger partial charge in [0.25, 0.3) is 0 Å². The fourth-order valence-electron chi connectivity index (χ4n) is 1.67. The highest BCUT2D eigenvalue weighted by atomic mass is 79.9. The van der Waals surface area contributed by atoms with Crippen LogP contribution in [-0.2, 0) is 4.79 Å². The Bertz CT molecular complexity index is 472. The normalized spacial score (nSPS) is 16.4. The monoisotopic (exact) mass is 316 g/mol. The lowest BCUT2D eigenvalue weighted by atomic mass is 10.0. The Hall–Kier alpha value is -1.10. The van der Waals surface area contributed by atoms with E-state index in [1.54, 1.807) is 0 Å². The second-order valence-electron chi connectivity index (χ2n) is 4.62. The number of hydrogen-bond acceptors (Lipinski definition) is 2. The van der Waals surface area contributed by atoms with Gasteiger partial charge in [0.1, 0.15) is 11.6 Å². The molecule has 1 aliphatic rings. The first-order valence-corrected chi connectivity index (χ1v) is 6.63. The van der Waals surface area contributed by atoms with Crippen LogP contribution >= 0.6 is 15.9 Å². The van der Waals surface area contributed by atoms with Gasteiger partial charge in [0, 0.05) is 5.56 Å². The lowest BCUT2D eigenvalue weighted by Gasteiger charge is -2.16. The van der Waals surface area contributed by atoms with Crippen LogP contribution in [0.4, 0.5) is 4.39 Å². The van der Waals surface area contributed by atoms with E-state index in [0.29, 0.717) is 28.3 Å². The van der Waals surface area contributed by atoms with Crippen molar-refractivity contribution in [2.24, 2.45) is 5.92 Å². The van der Waals surface area contributed by atoms with Crippen LogP contribution in [0.15, 0.2) is 16.6 Å². The fraction of sp³-hybridized carbons (Fsp3) is 0.462. The molecule has 0 saturated heterocycles. The molecule has 0 spiro atoms. The predicted molar refractivity (Wildman–Crippen MR) is 68.4 cm³/mol. The summed E-state index contributed by atoms with van der Waals surface area (Å²) < 4.78 is 19.5. The molecule has 2 rings (SSSR count). The van der Waals surface area contributed by atoms with Gasteiger partial charge in [-0.1, -0.05) is 0 Å². The Kier molecular flexibility index (Phi) is 3.90. The molecule has 1 fully saturated rings. The molecule has 1 atom stereocenters. The molecule has 0 aromatic heterocycles. The van der Waals surface area contributed by atoms with Crippen LogP contribution in [0.5, 0.6) is 5.75 Å². The summed E-state index contributed by atoms with van der Waals surface area (Å²) in [5.74, 6) is -1.27. The number of halogens is 2. The molecular weight excluding hydrogens is 303 g/mol. The van der Waals surface area contributed by atoms with Gasteiger partial charge in [-0.15, -0.1) is 0 Å². The number of benzene rings is 1. The minimum Gasteiger partial charge on any atom is -0.492 e. The number of aliphatic carboxylic acids is 1. The number of hydrogen-bond donors (Lipinski definition) is 1. The van der Waals surface area contributed by atoms with Crippen molar-refractivity contribution >= 4 is 21.9 Å². The first-order valence-electron chi connectivity index (χ1n) is 5.83. The Balaban J connectivity index is 2.30. The quantitative estimate of drug-likeness (QED) is 0.903. The highest BCUT2D eigenvalue weighted by Gasteiger charge is 2.25. The maximum atomic E-state index is 13.4. The molecule has 0 amide bonds. The third kappa shape index (κ3) is 3.02. The molecule has 18 heavy (non-hydrogen) atoms. The zero-order valence-electron chi connectivity index (χ0n) is 9.95. The molecular formula is C13H14BrFO3. The minimum atomic E-state index is -0.997. The van der Waals surface area contributed by atoms with E-state index in [1.807, 2.05) is 0 Å². The van der Waals surface area contributed by atoms with Crippen LogP contribution in [0.3, 0.4) is 0 Å². The summed E-state index contributed by atoms with van der Waals surface area (Å²) in [5.41, 5.74) is 0.370. The van der Waals surface area contributed by atoms with Gasteiger partial charge < -0.3 is 9.84 Å². The van der Waals surface area contributed by atoms with Crippen LogP contribution in [0.25, 0.3) is 0 Å². The van der Waals surface area contributed by atoms with E-state index >= 15 is 0 Å². The summed E-state index contributed by atoms with van der Waals surface area (Å²) in [6, 6.07) is 2.52. The summed E-state index contributed by atoms with van der Waals surface area (Å²) in [5, 5.41) is 9.04. The average molecular weight is 317 g/mol. The zero-order chi connectivity index (χ0) is 13.3. The summed E-state index contributed by atoms with van der Waals surface area (Å²) in [6.45, 7) is 2.08. The van der Waals surface area contributed by atoms with Crippen LogP contribution in [0, 0.1) is 11.7 Å². The van der Waals surface area contributed by atoms with Crippen LogP contribution in [0.2, 0.25) is 0 Å².